The van der Waals surface area contributed by atoms with E-state index in [2.05, 4.69) is 4.99 Å². The van der Waals surface area contributed by atoms with Crippen molar-refractivity contribution in [1.82, 2.24) is 0 Å². The molecule has 0 saturated carbocycles. The molecule has 1 atom stereocenters. The average Bonchev–Trinajstić information content (AvgIpc) is 3.05. The molecule has 3 nitrogen and oxygen atoms in total. The molecule has 3 rings (SSSR count). The zero-order chi connectivity index (χ0) is 17.2. The summed E-state index contributed by atoms with van der Waals surface area (Å²) in [5.74, 6) is 0.749. The van der Waals surface area contributed by atoms with Gasteiger partial charge in [-0.15, -0.1) is 11.8 Å². The van der Waals surface area contributed by atoms with E-state index in [1.165, 1.54) is 0 Å². The predicted octanol–water partition coefficient (Wildman–Crippen LogP) is 3.60. The van der Waals surface area contributed by atoms with Gasteiger partial charge in [0.2, 0.25) is 0 Å². The van der Waals surface area contributed by atoms with Crippen molar-refractivity contribution in [3.8, 4) is 0 Å². The van der Waals surface area contributed by atoms with Gasteiger partial charge < -0.3 is 10.2 Å². The maximum atomic E-state index is 11.5. The average molecular weight is 341 g/mol. The van der Waals surface area contributed by atoms with E-state index in [1.807, 2.05) is 60.7 Å². The Bertz CT molecular complexity index is 668. The molecule has 0 radical (unpaired) electrons. The summed E-state index contributed by atoms with van der Waals surface area (Å²) in [6.45, 7) is 3.57. The van der Waals surface area contributed by atoms with Crippen LogP contribution in [0, 0.1) is 0 Å². The van der Waals surface area contributed by atoms with Crippen LogP contribution in [0.5, 0.6) is 0 Å². The fraction of sp³-hybridized carbons (Fsp3) is 0.350. The van der Waals surface area contributed by atoms with Crippen LogP contribution in [0.2, 0.25) is 0 Å². The Morgan fingerprint density at radius 1 is 0.958 bits per heavy atom. The van der Waals surface area contributed by atoms with Crippen molar-refractivity contribution in [1.29, 1.82) is 0 Å². The molecule has 4 heteroatoms. The number of hydrogen-bond donors (Lipinski definition) is 2. The second kappa shape index (κ2) is 6.71. The molecule has 1 heterocycles. The summed E-state index contributed by atoms with van der Waals surface area (Å²) in [5, 5.41) is 22.6. The van der Waals surface area contributed by atoms with Gasteiger partial charge in [0.15, 0.2) is 0 Å². The van der Waals surface area contributed by atoms with Gasteiger partial charge >= 0.3 is 0 Å². The fourth-order valence-corrected chi connectivity index (χ4v) is 4.24. The molecular formula is C20H23NO2S. The number of nitrogens with zero attached hydrogens (tertiary/aromatic N) is 1. The minimum Gasteiger partial charge on any atom is -0.388 e. The smallest absolute Gasteiger partial charge is 0.121 e. The molecule has 0 unspecified atom stereocenters. The standard InChI is InChI=1S/C20H23NO2S/c1-19(2,22)17-14-24-18(21-17)13-20(23,15-9-5-3-6-10-15)16-11-7-4-8-12-16/h3-12,17,22-23H,13-14H2,1-2H3/t17-/m1/s1. The number of thioether (sulfide) groups is 1. The van der Waals surface area contributed by atoms with Crippen LogP contribution >= 0.6 is 11.8 Å². The van der Waals surface area contributed by atoms with Gasteiger partial charge in [-0.05, 0) is 25.0 Å². The first-order valence-electron chi connectivity index (χ1n) is 8.15. The van der Waals surface area contributed by atoms with Gasteiger partial charge in [0.1, 0.15) is 5.60 Å². The largest absolute Gasteiger partial charge is 0.388 e. The van der Waals surface area contributed by atoms with E-state index in [4.69, 9.17) is 0 Å². The Hall–Kier alpha value is -1.62. The van der Waals surface area contributed by atoms with Crippen LogP contribution in [0.4, 0.5) is 0 Å². The molecule has 0 saturated heterocycles. The van der Waals surface area contributed by atoms with Crippen molar-refractivity contribution in [3.63, 3.8) is 0 Å². The minimum atomic E-state index is -1.12. The first-order valence-corrected chi connectivity index (χ1v) is 9.13. The third-order valence-electron chi connectivity index (χ3n) is 4.43. The Morgan fingerprint density at radius 3 is 1.88 bits per heavy atom. The first kappa shape index (κ1) is 17.2. The Morgan fingerprint density at radius 2 is 1.46 bits per heavy atom. The maximum Gasteiger partial charge on any atom is 0.121 e. The summed E-state index contributed by atoms with van der Waals surface area (Å²) < 4.78 is 0. The highest BCUT2D eigenvalue weighted by Crippen LogP contribution is 2.37. The summed E-state index contributed by atoms with van der Waals surface area (Å²) in [5.41, 5.74) is -0.257. The van der Waals surface area contributed by atoms with Crippen molar-refractivity contribution in [2.45, 2.75) is 37.5 Å². The monoisotopic (exact) mass is 341 g/mol. The second-order valence-electron chi connectivity index (χ2n) is 6.77. The van der Waals surface area contributed by atoms with E-state index >= 15 is 0 Å². The molecular weight excluding hydrogens is 318 g/mol. The molecule has 2 aromatic carbocycles. The third kappa shape index (κ3) is 3.56. The van der Waals surface area contributed by atoms with Gasteiger partial charge in [0, 0.05) is 12.2 Å². The molecule has 24 heavy (non-hydrogen) atoms. The number of hydrogen-bond acceptors (Lipinski definition) is 4. The van der Waals surface area contributed by atoms with Crippen molar-refractivity contribution in [2.75, 3.05) is 5.75 Å². The quantitative estimate of drug-likeness (QED) is 0.874. The molecule has 0 aliphatic carbocycles. The van der Waals surface area contributed by atoms with Crippen molar-refractivity contribution >= 4 is 16.8 Å². The molecule has 1 aliphatic heterocycles. The highest BCUT2D eigenvalue weighted by molar-refractivity contribution is 8.14. The van der Waals surface area contributed by atoms with E-state index in [1.54, 1.807) is 25.6 Å². The molecule has 2 aromatic rings. The van der Waals surface area contributed by atoms with Crippen molar-refractivity contribution in [3.05, 3.63) is 71.8 Å². The summed E-state index contributed by atoms with van der Waals surface area (Å²) >= 11 is 1.62. The zero-order valence-electron chi connectivity index (χ0n) is 14.0. The maximum absolute atomic E-state index is 11.5. The van der Waals surface area contributed by atoms with Crippen LogP contribution in [0.15, 0.2) is 65.7 Å². The number of aliphatic imine (C=N–C) groups is 1. The molecule has 0 aromatic heterocycles. The van der Waals surface area contributed by atoms with E-state index < -0.39 is 11.2 Å². The minimum absolute atomic E-state index is 0.131. The van der Waals surface area contributed by atoms with Gasteiger partial charge in [-0.2, -0.15) is 0 Å². The van der Waals surface area contributed by atoms with Gasteiger partial charge in [-0.3, -0.25) is 4.99 Å². The van der Waals surface area contributed by atoms with Gasteiger partial charge in [0.05, 0.1) is 16.7 Å². The lowest BCUT2D eigenvalue weighted by molar-refractivity contribution is 0.0607. The molecule has 1 aliphatic rings. The molecule has 126 valence electrons. The Labute approximate surface area is 147 Å². The number of benzene rings is 2. The highest BCUT2D eigenvalue weighted by atomic mass is 32.2. The number of aliphatic hydroxyl groups is 2. The lowest BCUT2D eigenvalue weighted by Crippen LogP contribution is -2.34. The molecule has 0 spiro atoms. The Balaban J connectivity index is 1.96. The van der Waals surface area contributed by atoms with Gasteiger partial charge in [0.25, 0.3) is 0 Å². The molecule has 0 amide bonds. The summed E-state index contributed by atoms with van der Waals surface area (Å²) in [4.78, 5) is 4.66. The highest BCUT2D eigenvalue weighted by Gasteiger charge is 2.37. The van der Waals surface area contributed by atoms with E-state index in [9.17, 15) is 10.2 Å². The van der Waals surface area contributed by atoms with Crippen LogP contribution < -0.4 is 0 Å². The third-order valence-corrected chi connectivity index (χ3v) is 5.50. The Kier molecular flexibility index (Phi) is 4.81. The van der Waals surface area contributed by atoms with Gasteiger partial charge in [-0.1, -0.05) is 60.7 Å². The van der Waals surface area contributed by atoms with Crippen LogP contribution in [-0.4, -0.2) is 32.7 Å². The van der Waals surface area contributed by atoms with Crippen LogP contribution in [0.3, 0.4) is 0 Å². The topological polar surface area (TPSA) is 52.8 Å². The van der Waals surface area contributed by atoms with Gasteiger partial charge in [-0.25, -0.2) is 0 Å². The summed E-state index contributed by atoms with van der Waals surface area (Å²) in [6.07, 6.45) is 0.415. The normalized spacial score (nSPS) is 18.5. The van der Waals surface area contributed by atoms with E-state index in [0.717, 1.165) is 21.9 Å². The zero-order valence-corrected chi connectivity index (χ0v) is 14.8. The van der Waals surface area contributed by atoms with Crippen molar-refractivity contribution in [2.24, 2.45) is 4.99 Å². The SMILES string of the molecule is CC(C)(O)[C@H]1CSC(CC(O)(c2ccccc2)c2ccccc2)=N1. The number of rotatable bonds is 5. The first-order chi connectivity index (χ1) is 11.4. The molecule has 0 fully saturated rings. The second-order valence-corrected chi connectivity index (χ2v) is 7.87. The molecule has 2 N–H and O–H groups in total. The van der Waals surface area contributed by atoms with Crippen LogP contribution in [0.1, 0.15) is 31.4 Å². The summed E-state index contributed by atoms with van der Waals surface area (Å²) in [6, 6.07) is 19.3. The fourth-order valence-electron chi connectivity index (χ4n) is 2.90. The predicted molar refractivity (Wildman–Crippen MR) is 100 cm³/mol. The van der Waals surface area contributed by atoms with E-state index in [-0.39, 0.29) is 6.04 Å². The van der Waals surface area contributed by atoms with E-state index in [0.29, 0.717) is 6.42 Å². The lowest BCUT2D eigenvalue weighted by atomic mass is 9.84. The summed E-state index contributed by atoms with van der Waals surface area (Å²) in [7, 11) is 0. The van der Waals surface area contributed by atoms with Crippen molar-refractivity contribution < 1.29 is 10.2 Å². The molecule has 0 bridgehead atoms. The van der Waals surface area contributed by atoms with Crippen LogP contribution in [-0.2, 0) is 5.60 Å². The van der Waals surface area contributed by atoms with Crippen LogP contribution in [0.25, 0.3) is 0 Å². The lowest BCUT2D eigenvalue weighted by Gasteiger charge is -2.29.